The zero-order valence-electron chi connectivity index (χ0n) is 9.91. The third kappa shape index (κ3) is 2.46. The van der Waals surface area contributed by atoms with E-state index in [-0.39, 0.29) is 6.10 Å². The van der Waals surface area contributed by atoms with Gasteiger partial charge in [0.1, 0.15) is 6.10 Å². The Labute approximate surface area is 114 Å². The molecule has 1 aromatic heterocycles. The summed E-state index contributed by atoms with van der Waals surface area (Å²) in [7, 11) is 0. The van der Waals surface area contributed by atoms with E-state index in [1.807, 2.05) is 0 Å². The van der Waals surface area contributed by atoms with Gasteiger partial charge in [-0.05, 0) is 13.0 Å². The summed E-state index contributed by atoms with van der Waals surface area (Å²) in [6.45, 7) is 3.40. The summed E-state index contributed by atoms with van der Waals surface area (Å²) in [5.41, 5.74) is 0. The van der Waals surface area contributed by atoms with E-state index >= 15 is 0 Å². The van der Waals surface area contributed by atoms with Crippen molar-refractivity contribution in [3.05, 3.63) is 0 Å². The maximum absolute atomic E-state index is 8.53. The lowest BCUT2D eigenvalue weighted by Crippen LogP contribution is -2.32. The van der Waals surface area contributed by atoms with E-state index in [4.69, 9.17) is 10.00 Å². The summed E-state index contributed by atoms with van der Waals surface area (Å²) in [6, 6.07) is 2.13. The fraction of sp³-hybridized carbons (Fsp3) is 0.727. The lowest BCUT2D eigenvalue weighted by atomic mass is 10.0. The van der Waals surface area contributed by atoms with Gasteiger partial charge in [0.2, 0.25) is 0 Å². The number of nitriles is 1. The molecule has 0 N–H and O–H groups in total. The summed E-state index contributed by atoms with van der Waals surface area (Å²) < 4.78 is 14.5. The van der Waals surface area contributed by atoms with Crippen molar-refractivity contribution in [1.82, 2.24) is 13.6 Å². The van der Waals surface area contributed by atoms with Crippen LogP contribution in [0.2, 0.25) is 0 Å². The third-order valence-electron chi connectivity index (χ3n) is 3.42. The molecule has 0 aromatic carbocycles. The lowest BCUT2D eigenvalue weighted by molar-refractivity contribution is 0.133. The van der Waals surface area contributed by atoms with E-state index in [0.717, 1.165) is 17.3 Å². The quantitative estimate of drug-likeness (QED) is 0.604. The maximum Gasteiger partial charge on any atom is 0.260 e. The molecule has 0 spiro atoms. The lowest BCUT2D eigenvalue weighted by Gasteiger charge is -2.22. The average molecular weight is 282 g/mol. The molecule has 3 unspecified atom stereocenters. The molecule has 3 atom stereocenters. The number of thioether (sulfide) groups is 1. The summed E-state index contributed by atoms with van der Waals surface area (Å²) >= 11 is 2.74. The molecule has 0 amide bonds. The van der Waals surface area contributed by atoms with Crippen LogP contribution in [0.15, 0.2) is 5.03 Å². The molecule has 96 valence electrons. The molecule has 0 saturated carbocycles. The van der Waals surface area contributed by atoms with Crippen LogP contribution in [0.4, 0.5) is 0 Å². The zero-order valence-corrected chi connectivity index (χ0v) is 11.5. The van der Waals surface area contributed by atoms with Crippen LogP contribution in [0, 0.1) is 17.2 Å². The second-order valence-electron chi connectivity index (χ2n) is 4.60. The molecule has 7 heteroatoms. The van der Waals surface area contributed by atoms with Gasteiger partial charge < -0.3 is 4.74 Å². The third-order valence-corrected chi connectivity index (χ3v) is 4.99. The summed E-state index contributed by atoms with van der Waals surface area (Å²) in [5, 5.41) is 9.37. The highest BCUT2D eigenvalue weighted by molar-refractivity contribution is 7.99. The summed E-state index contributed by atoms with van der Waals surface area (Å²) in [5.74, 6) is 2.07. The highest BCUT2D eigenvalue weighted by atomic mass is 32.2. The molecule has 3 heterocycles. The van der Waals surface area contributed by atoms with Gasteiger partial charge in [-0.3, -0.25) is 4.90 Å². The first kappa shape index (κ1) is 12.2. The molecule has 5 nitrogen and oxygen atoms in total. The Morgan fingerprint density at radius 3 is 3.17 bits per heavy atom. The first-order valence-electron chi connectivity index (χ1n) is 6.08. The van der Waals surface area contributed by atoms with Crippen LogP contribution in [0.3, 0.4) is 0 Å². The Kier molecular flexibility index (Phi) is 3.68. The number of rotatable bonds is 5. The molecule has 2 aliphatic rings. The minimum Gasteiger partial charge on any atom is -0.470 e. The smallest absolute Gasteiger partial charge is 0.260 e. The SMILES string of the molecule is N#CCCSc1nsnc1OC1CN2CCC1C2. The molecule has 2 aliphatic heterocycles. The monoisotopic (exact) mass is 282 g/mol. The molecule has 2 bridgehead atoms. The second kappa shape index (κ2) is 5.43. The number of aromatic nitrogens is 2. The first-order chi connectivity index (χ1) is 8.86. The Morgan fingerprint density at radius 1 is 1.50 bits per heavy atom. The van der Waals surface area contributed by atoms with Crippen LogP contribution >= 0.6 is 23.5 Å². The molecule has 0 radical (unpaired) electrons. The molecule has 18 heavy (non-hydrogen) atoms. The fourth-order valence-electron chi connectivity index (χ4n) is 2.54. The van der Waals surface area contributed by atoms with Crippen molar-refractivity contribution < 1.29 is 4.74 Å². The van der Waals surface area contributed by atoms with Crippen molar-refractivity contribution >= 4 is 23.5 Å². The number of nitrogens with zero attached hydrogens (tertiary/aromatic N) is 4. The second-order valence-corrected chi connectivity index (χ2v) is 6.21. The van der Waals surface area contributed by atoms with Crippen LogP contribution in [-0.4, -0.2) is 45.1 Å². The van der Waals surface area contributed by atoms with Crippen molar-refractivity contribution in [3.63, 3.8) is 0 Å². The van der Waals surface area contributed by atoms with E-state index in [1.165, 1.54) is 31.2 Å². The van der Waals surface area contributed by atoms with Gasteiger partial charge in [0, 0.05) is 31.2 Å². The van der Waals surface area contributed by atoms with Gasteiger partial charge >= 0.3 is 0 Å². The van der Waals surface area contributed by atoms with E-state index in [2.05, 4.69) is 19.7 Å². The van der Waals surface area contributed by atoms with Crippen LogP contribution < -0.4 is 4.74 Å². The van der Waals surface area contributed by atoms with Gasteiger partial charge in [-0.1, -0.05) is 11.8 Å². The molecule has 3 rings (SSSR count). The molecule has 2 fully saturated rings. The highest BCUT2D eigenvalue weighted by Crippen LogP contribution is 2.34. The minimum atomic E-state index is 0.276. The van der Waals surface area contributed by atoms with Crippen LogP contribution in [0.25, 0.3) is 0 Å². The van der Waals surface area contributed by atoms with E-state index in [0.29, 0.717) is 18.2 Å². The molecule has 2 saturated heterocycles. The standard InChI is InChI=1S/C11H14N4OS2/c12-3-1-5-17-11-10(13-18-14-11)16-9-7-15-4-2-8(9)6-15/h8-9H,1-2,4-7H2. The topological polar surface area (TPSA) is 62.0 Å². The molecule has 1 aromatic rings. The Morgan fingerprint density at radius 2 is 2.44 bits per heavy atom. The van der Waals surface area contributed by atoms with Crippen LogP contribution in [-0.2, 0) is 0 Å². The van der Waals surface area contributed by atoms with Gasteiger partial charge in [-0.2, -0.15) is 9.64 Å². The molecular weight excluding hydrogens is 268 g/mol. The first-order valence-corrected chi connectivity index (χ1v) is 7.79. The van der Waals surface area contributed by atoms with Gasteiger partial charge in [0.15, 0.2) is 5.03 Å². The van der Waals surface area contributed by atoms with Crippen molar-refractivity contribution in [2.24, 2.45) is 5.92 Å². The van der Waals surface area contributed by atoms with Gasteiger partial charge in [0.05, 0.1) is 17.8 Å². The van der Waals surface area contributed by atoms with E-state index < -0.39 is 0 Å². The number of ether oxygens (including phenoxy) is 1. The maximum atomic E-state index is 8.53. The number of piperidine rings is 1. The Hall–Kier alpha value is -0.840. The average Bonchev–Trinajstić information content (AvgIpc) is 3.07. The van der Waals surface area contributed by atoms with E-state index in [1.54, 1.807) is 11.8 Å². The van der Waals surface area contributed by atoms with E-state index in [9.17, 15) is 0 Å². The van der Waals surface area contributed by atoms with Gasteiger partial charge in [-0.15, -0.1) is 4.37 Å². The van der Waals surface area contributed by atoms with Gasteiger partial charge in [-0.25, -0.2) is 0 Å². The van der Waals surface area contributed by atoms with Crippen LogP contribution in [0.1, 0.15) is 12.8 Å². The number of hydrogen-bond donors (Lipinski definition) is 0. The van der Waals surface area contributed by atoms with Crippen molar-refractivity contribution in [3.8, 4) is 11.9 Å². The van der Waals surface area contributed by atoms with Crippen molar-refractivity contribution in [2.45, 2.75) is 24.0 Å². The predicted molar refractivity (Wildman–Crippen MR) is 69.8 cm³/mol. The number of fused-ring (bicyclic) bond motifs is 2. The Bertz CT molecular complexity index is 458. The summed E-state index contributed by atoms with van der Waals surface area (Å²) in [4.78, 5) is 2.44. The zero-order chi connectivity index (χ0) is 12.4. The largest absolute Gasteiger partial charge is 0.470 e. The predicted octanol–water partition coefficient (Wildman–Crippen LogP) is 1.63. The summed E-state index contributed by atoms with van der Waals surface area (Å²) in [6.07, 6.45) is 2.04. The van der Waals surface area contributed by atoms with Crippen molar-refractivity contribution in [1.29, 1.82) is 5.26 Å². The highest BCUT2D eigenvalue weighted by Gasteiger charge is 2.40. The fourth-order valence-corrected chi connectivity index (χ4v) is 3.91. The number of hydrogen-bond acceptors (Lipinski definition) is 7. The van der Waals surface area contributed by atoms with Crippen molar-refractivity contribution in [2.75, 3.05) is 25.4 Å². The normalized spacial score (nSPS) is 29.4. The Balaban J connectivity index is 1.59. The molecule has 0 aliphatic carbocycles. The van der Waals surface area contributed by atoms with Gasteiger partial charge in [0.25, 0.3) is 5.88 Å². The van der Waals surface area contributed by atoms with Crippen LogP contribution in [0.5, 0.6) is 5.88 Å². The minimum absolute atomic E-state index is 0.276. The molecular formula is C11H14N4OS2.